The first-order valence-corrected chi connectivity index (χ1v) is 8.77. The number of benzene rings is 2. The van der Waals surface area contributed by atoms with Crippen LogP contribution in [0.15, 0.2) is 60.0 Å². The Hall–Kier alpha value is -2.01. The van der Waals surface area contributed by atoms with Crippen LogP contribution in [0, 0.1) is 0 Å². The van der Waals surface area contributed by atoms with E-state index in [1.165, 1.54) is 11.3 Å². The molecule has 122 valence electrons. The third-order valence-corrected chi connectivity index (χ3v) is 4.73. The van der Waals surface area contributed by atoms with Crippen molar-refractivity contribution in [1.82, 2.24) is 0 Å². The molecule has 0 spiro atoms. The number of nitrogens with one attached hydrogen (secondary N) is 1. The Morgan fingerprint density at radius 2 is 1.88 bits per heavy atom. The minimum absolute atomic E-state index is 0.213. The minimum atomic E-state index is -0.213. The summed E-state index contributed by atoms with van der Waals surface area (Å²) in [5.74, 6) is 0.581. The van der Waals surface area contributed by atoms with Crippen LogP contribution in [0.3, 0.4) is 0 Å². The molecule has 1 amide bonds. The van der Waals surface area contributed by atoms with Crippen LogP contribution >= 0.6 is 34.5 Å². The Bertz CT molecular complexity index is 849. The molecular weight excluding hydrogens is 365 g/mol. The SMILES string of the molecule is O=C(Nc1ccc(Cl)cc1Cl)c1cc(COc2ccccc2)cs1. The zero-order chi connectivity index (χ0) is 16.9. The summed E-state index contributed by atoms with van der Waals surface area (Å²) in [6.07, 6.45) is 0. The fourth-order valence-electron chi connectivity index (χ4n) is 2.03. The third-order valence-electron chi connectivity index (χ3n) is 3.21. The Balaban J connectivity index is 1.63. The zero-order valence-corrected chi connectivity index (χ0v) is 14.8. The van der Waals surface area contributed by atoms with Gasteiger partial charge in [0, 0.05) is 10.6 Å². The number of rotatable bonds is 5. The van der Waals surface area contributed by atoms with Crippen LogP contribution in [0.5, 0.6) is 5.75 Å². The van der Waals surface area contributed by atoms with E-state index in [0.717, 1.165) is 11.3 Å². The third kappa shape index (κ3) is 4.29. The van der Waals surface area contributed by atoms with Gasteiger partial charge >= 0.3 is 0 Å². The zero-order valence-electron chi connectivity index (χ0n) is 12.5. The smallest absolute Gasteiger partial charge is 0.265 e. The fourth-order valence-corrected chi connectivity index (χ4v) is 3.28. The topological polar surface area (TPSA) is 38.3 Å². The van der Waals surface area contributed by atoms with Crippen molar-refractivity contribution in [1.29, 1.82) is 0 Å². The second-order valence-corrected chi connectivity index (χ2v) is 6.75. The Morgan fingerprint density at radius 3 is 2.62 bits per heavy atom. The van der Waals surface area contributed by atoms with Crippen LogP contribution in [0.25, 0.3) is 0 Å². The molecule has 0 bridgehead atoms. The Morgan fingerprint density at radius 1 is 1.08 bits per heavy atom. The van der Waals surface area contributed by atoms with Crippen molar-refractivity contribution in [2.75, 3.05) is 5.32 Å². The highest BCUT2D eigenvalue weighted by atomic mass is 35.5. The average Bonchev–Trinajstić information content (AvgIpc) is 3.05. The molecule has 3 nitrogen and oxygen atoms in total. The molecule has 0 fully saturated rings. The highest BCUT2D eigenvalue weighted by Gasteiger charge is 2.12. The predicted molar refractivity (Wildman–Crippen MR) is 99.5 cm³/mol. The summed E-state index contributed by atoms with van der Waals surface area (Å²) in [6.45, 7) is 0.412. The van der Waals surface area contributed by atoms with Crippen molar-refractivity contribution < 1.29 is 9.53 Å². The van der Waals surface area contributed by atoms with Crippen molar-refractivity contribution in [2.45, 2.75) is 6.61 Å². The number of halogens is 2. The number of thiophene rings is 1. The van der Waals surface area contributed by atoms with Gasteiger partial charge in [0.1, 0.15) is 12.4 Å². The summed E-state index contributed by atoms with van der Waals surface area (Å²) in [6, 6.07) is 16.3. The van der Waals surface area contributed by atoms with Gasteiger partial charge in [-0.25, -0.2) is 0 Å². The predicted octanol–water partition coefficient (Wildman–Crippen LogP) is 5.89. The molecule has 0 aliphatic rings. The van der Waals surface area contributed by atoms with E-state index in [0.29, 0.717) is 27.2 Å². The molecule has 6 heteroatoms. The molecule has 0 saturated heterocycles. The van der Waals surface area contributed by atoms with E-state index >= 15 is 0 Å². The van der Waals surface area contributed by atoms with Gasteiger partial charge in [-0.3, -0.25) is 4.79 Å². The lowest BCUT2D eigenvalue weighted by molar-refractivity contribution is 0.103. The number of amides is 1. The summed E-state index contributed by atoms with van der Waals surface area (Å²) >= 11 is 13.3. The van der Waals surface area contributed by atoms with Crippen LogP contribution in [0.1, 0.15) is 15.2 Å². The van der Waals surface area contributed by atoms with E-state index in [1.54, 1.807) is 18.2 Å². The van der Waals surface area contributed by atoms with E-state index in [2.05, 4.69) is 5.32 Å². The van der Waals surface area contributed by atoms with Gasteiger partial charge in [0.2, 0.25) is 0 Å². The van der Waals surface area contributed by atoms with E-state index in [-0.39, 0.29) is 5.91 Å². The summed E-state index contributed by atoms with van der Waals surface area (Å²) in [5, 5.41) is 5.61. The molecule has 1 aromatic heterocycles. The molecule has 0 aliphatic carbocycles. The standard InChI is InChI=1S/C18H13Cl2NO2S/c19-13-6-7-16(15(20)9-13)21-18(22)17-8-12(11-24-17)10-23-14-4-2-1-3-5-14/h1-9,11H,10H2,(H,21,22). The van der Waals surface area contributed by atoms with Crippen molar-refractivity contribution in [3.8, 4) is 5.75 Å². The van der Waals surface area contributed by atoms with Crippen LogP contribution in [0.4, 0.5) is 5.69 Å². The second kappa shape index (κ2) is 7.71. The maximum atomic E-state index is 12.3. The first-order chi connectivity index (χ1) is 11.6. The first-order valence-electron chi connectivity index (χ1n) is 7.13. The monoisotopic (exact) mass is 377 g/mol. The summed E-state index contributed by atoms with van der Waals surface area (Å²) in [4.78, 5) is 12.9. The largest absolute Gasteiger partial charge is 0.489 e. The van der Waals surface area contributed by atoms with Gasteiger partial charge in [-0.2, -0.15) is 0 Å². The van der Waals surface area contributed by atoms with Gasteiger partial charge in [0.15, 0.2) is 0 Å². The number of carbonyl (C=O) groups is 1. The molecule has 0 atom stereocenters. The van der Waals surface area contributed by atoms with Crippen LogP contribution in [-0.4, -0.2) is 5.91 Å². The van der Waals surface area contributed by atoms with Gasteiger partial charge in [0.25, 0.3) is 5.91 Å². The van der Waals surface area contributed by atoms with Crippen molar-refractivity contribution >= 4 is 46.1 Å². The number of carbonyl (C=O) groups excluding carboxylic acids is 1. The van der Waals surface area contributed by atoms with E-state index in [9.17, 15) is 4.79 Å². The molecule has 1 N–H and O–H groups in total. The summed E-state index contributed by atoms with van der Waals surface area (Å²) < 4.78 is 5.67. The average molecular weight is 378 g/mol. The molecule has 1 heterocycles. The van der Waals surface area contributed by atoms with Crippen molar-refractivity contribution in [2.24, 2.45) is 0 Å². The lowest BCUT2D eigenvalue weighted by atomic mass is 10.3. The maximum Gasteiger partial charge on any atom is 0.265 e. The molecule has 3 aromatic rings. The molecular formula is C18H13Cl2NO2S. The fraction of sp³-hybridized carbons (Fsp3) is 0.0556. The minimum Gasteiger partial charge on any atom is -0.489 e. The van der Waals surface area contributed by atoms with Gasteiger partial charge < -0.3 is 10.1 Å². The van der Waals surface area contributed by atoms with E-state index in [1.807, 2.05) is 41.8 Å². The van der Waals surface area contributed by atoms with Gasteiger partial charge in [-0.1, -0.05) is 41.4 Å². The lowest BCUT2D eigenvalue weighted by Crippen LogP contribution is -2.10. The van der Waals surface area contributed by atoms with Gasteiger partial charge in [-0.05, 0) is 41.8 Å². The molecule has 2 aromatic carbocycles. The molecule has 0 radical (unpaired) electrons. The number of para-hydroxylation sites is 1. The number of anilines is 1. The van der Waals surface area contributed by atoms with Crippen molar-refractivity contribution in [3.05, 3.63) is 80.5 Å². The van der Waals surface area contributed by atoms with E-state index < -0.39 is 0 Å². The highest BCUT2D eigenvalue weighted by Crippen LogP contribution is 2.26. The Labute approximate surface area is 153 Å². The summed E-state index contributed by atoms with van der Waals surface area (Å²) in [5.41, 5.74) is 1.47. The quantitative estimate of drug-likeness (QED) is 0.602. The lowest BCUT2D eigenvalue weighted by Gasteiger charge is -2.06. The summed E-state index contributed by atoms with van der Waals surface area (Å²) in [7, 11) is 0. The van der Waals surface area contributed by atoms with Crippen LogP contribution in [0.2, 0.25) is 10.0 Å². The van der Waals surface area contributed by atoms with Crippen LogP contribution < -0.4 is 10.1 Å². The van der Waals surface area contributed by atoms with Crippen LogP contribution in [-0.2, 0) is 6.61 Å². The van der Waals surface area contributed by atoms with Gasteiger partial charge in [0.05, 0.1) is 15.6 Å². The number of hydrogen-bond donors (Lipinski definition) is 1. The first kappa shape index (κ1) is 16.8. The highest BCUT2D eigenvalue weighted by molar-refractivity contribution is 7.12. The normalized spacial score (nSPS) is 10.4. The van der Waals surface area contributed by atoms with Gasteiger partial charge in [-0.15, -0.1) is 11.3 Å². The number of ether oxygens (including phenoxy) is 1. The molecule has 0 unspecified atom stereocenters. The maximum absolute atomic E-state index is 12.3. The second-order valence-electron chi connectivity index (χ2n) is 5.00. The van der Waals surface area contributed by atoms with Crippen molar-refractivity contribution in [3.63, 3.8) is 0 Å². The Kier molecular flexibility index (Phi) is 5.41. The van der Waals surface area contributed by atoms with E-state index in [4.69, 9.17) is 27.9 Å². The molecule has 24 heavy (non-hydrogen) atoms. The molecule has 3 rings (SSSR count). The molecule has 0 saturated carbocycles. The molecule has 0 aliphatic heterocycles. The number of hydrogen-bond acceptors (Lipinski definition) is 3.